The number of nitrogens with zero attached hydrogens (tertiary/aromatic N) is 1. The first-order valence-corrected chi connectivity index (χ1v) is 7.66. The van der Waals surface area contributed by atoms with Crippen LogP contribution in [0.1, 0.15) is 18.0 Å². The lowest BCUT2D eigenvalue weighted by molar-refractivity contribution is -0.116. The molecule has 1 atom stereocenters. The molecule has 1 N–H and O–H groups in total. The van der Waals surface area contributed by atoms with Crippen molar-refractivity contribution >= 4 is 11.6 Å². The molecule has 0 bridgehead atoms. The molecule has 1 heterocycles. The largest absolute Gasteiger partial charge is 0.346 e. The number of nitrogens with one attached hydrogen (secondary N) is 1. The van der Waals surface area contributed by atoms with Gasteiger partial charge in [0.15, 0.2) is 11.6 Å². The highest BCUT2D eigenvalue weighted by Crippen LogP contribution is 2.24. The minimum absolute atomic E-state index is 0.0110. The molecular weight excluding hydrogens is 329 g/mol. The summed E-state index contributed by atoms with van der Waals surface area (Å²) < 4.78 is 41.6. The van der Waals surface area contributed by atoms with E-state index >= 15 is 0 Å². The van der Waals surface area contributed by atoms with Gasteiger partial charge in [0.25, 0.3) is 0 Å². The van der Waals surface area contributed by atoms with Crippen LogP contribution in [0.15, 0.2) is 67.0 Å². The Morgan fingerprint density at radius 2 is 1.72 bits per heavy atom. The molecule has 0 saturated carbocycles. The molecule has 0 aliphatic rings. The van der Waals surface area contributed by atoms with E-state index in [2.05, 4.69) is 5.32 Å². The third-order valence-corrected chi connectivity index (χ3v) is 3.80. The fourth-order valence-electron chi connectivity index (χ4n) is 2.63. The number of carbonyl (C=O) groups excluding carboxylic acids is 1. The number of hydrogen-bond acceptors (Lipinski definition) is 1. The van der Waals surface area contributed by atoms with Crippen molar-refractivity contribution in [3.8, 4) is 0 Å². The number of amides is 1. The summed E-state index contributed by atoms with van der Waals surface area (Å²) in [4.78, 5) is 12.3. The Balaban J connectivity index is 1.80. The summed E-state index contributed by atoms with van der Waals surface area (Å²) in [6, 6.07) is 12.3. The third kappa shape index (κ3) is 4.09. The number of halogens is 3. The van der Waals surface area contributed by atoms with Crippen LogP contribution in [0.25, 0.3) is 0 Å². The molecule has 25 heavy (non-hydrogen) atoms. The average molecular weight is 344 g/mol. The highest BCUT2D eigenvalue weighted by molar-refractivity contribution is 5.91. The molecule has 3 nitrogen and oxygen atoms in total. The SMILES string of the molecule is O=C(C[C@H](c1cccc(F)c1)n1cccc1)Nc1ccc(F)c(F)c1. The second-order valence-electron chi connectivity index (χ2n) is 5.58. The molecular formula is C19H15F3N2O. The number of rotatable bonds is 5. The van der Waals surface area contributed by atoms with Crippen molar-refractivity contribution in [3.05, 3.63) is 90.0 Å². The van der Waals surface area contributed by atoms with Gasteiger partial charge in [-0.25, -0.2) is 13.2 Å². The molecule has 2 aromatic carbocycles. The minimum Gasteiger partial charge on any atom is -0.346 e. The van der Waals surface area contributed by atoms with Crippen LogP contribution in [0.2, 0.25) is 0 Å². The summed E-state index contributed by atoms with van der Waals surface area (Å²) in [5, 5.41) is 2.53. The predicted molar refractivity (Wildman–Crippen MR) is 88.6 cm³/mol. The van der Waals surface area contributed by atoms with E-state index in [1.807, 2.05) is 0 Å². The van der Waals surface area contributed by atoms with E-state index in [4.69, 9.17) is 0 Å². The van der Waals surface area contributed by atoms with Gasteiger partial charge in [-0.05, 0) is 42.0 Å². The van der Waals surface area contributed by atoms with Gasteiger partial charge >= 0.3 is 0 Å². The molecule has 0 unspecified atom stereocenters. The molecule has 0 aliphatic carbocycles. The summed E-state index contributed by atoms with van der Waals surface area (Å²) >= 11 is 0. The zero-order valence-corrected chi connectivity index (χ0v) is 13.1. The Morgan fingerprint density at radius 1 is 0.960 bits per heavy atom. The number of benzene rings is 2. The van der Waals surface area contributed by atoms with Crippen molar-refractivity contribution < 1.29 is 18.0 Å². The molecule has 0 radical (unpaired) electrons. The average Bonchev–Trinajstić information content (AvgIpc) is 3.10. The van der Waals surface area contributed by atoms with Crippen LogP contribution in [0.3, 0.4) is 0 Å². The molecule has 3 aromatic rings. The van der Waals surface area contributed by atoms with Gasteiger partial charge in [-0.2, -0.15) is 0 Å². The van der Waals surface area contributed by atoms with E-state index in [0.29, 0.717) is 5.56 Å². The standard InChI is InChI=1S/C19H15F3N2O/c20-14-5-3-4-13(10-14)18(24-8-1-2-9-24)12-19(25)23-15-6-7-16(21)17(22)11-15/h1-11,18H,12H2,(H,23,25)/t18-/m1/s1. The zero-order valence-electron chi connectivity index (χ0n) is 13.1. The highest BCUT2D eigenvalue weighted by Gasteiger charge is 2.18. The fraction of sp³-hybridized carbons (Fsp3) is 0.105. The maximum absolute atomic E-state index is 13.5. The predicted octanol–water partition coefficient (Wildman–Crippen LogP) is 4.52. The van der Waals surface area contributed by atoms with Crippen LogP contribution < -0.4 is 5.32 Å². The van der Waals surface area contributed by atoms with Gasteiger partial charge in [-0.15, -0.1) is 0 Å². The van der Waals surface area contributed by atoms with Gasteiger partial charge in [-0.3, -0.25) is 4.79 Å². The van der Waals surface area contributed by atoms with Gasteiger partial charge in [0, 0.05) is 24.1 Å². The van der Waals surface area contributed by atoms with Crippen LogP contribution in [-0.2, 0) is 4.79 Å². The first-order valence-electron chi connectivity index (χ1n) is 7.66. The molecule has 1 amide bonds. The Kier molecular flexibility index (Phi) is 4.88. The van der Waals surface area contributed by atoms with E-state index in [9.17, 15) is 18.0 Å². The lowest BCUT2D eigenvalue weighted by Gasteiger charge is -2.19. The van der Waals surface area contributed by atoms with Crippen LogP contribution in [0.5, 0.6) is 0 Å². The normalized spacial score (nSPS) is 12.0. The van der Waals surface area contributed by atoms with E-state index < -0.39 is 29.4 Å². The topological polar surface area (TPSA) is 34.0 Å². The number of anilines is 1. The summed E-state index contributed by atoms with van der Waals surface area (Å²) in [7, 11) is 0. The van der Waals surface area contributed by atoms with Crippen molar-refractivity contribution in [2.45, 2.75) is 12.5 Å². The molecule has 3 rings (SSSR count). The fourth-order valence-corrected chi connectivity index (χ4v) is 2.63. The molecule has 128 valence electrons. The van der Waals surface area contributed by atoms with Crippen LogP contribution >= 0.6 is 0 Å². The zero-order chi connectivity index (χ0) is 17.8. The Bertz CT molecular complexity index is 878. The lowest BCUT2D eigenvalue weighted by Crippen LogP contribution is -2.19. The van der Waals surface area contributed by atoms with Crippen LogP contribution in [0, 0.1) is 17.5 Å². The molecule has 1 aromatic heterocycles. The maximum atomic E-state index is 13.5. The van der Waals surface area contributed by atoms with Crippen molar-refractivity contribution in [1.82, 2.24) is 4.57 Å². The lowest BCUT2D eigenvalue weighted by atomic mass is 10.0. The van der Waals surface area contributed by atoms with E-state index in [0.717, 1.165) is 12.1 Å². The smallest absolute Gasteiger partial charge is 0.226 e. The number of carbonyl (C=O) groups is 1. The van der Waals surface area contributed by atoms with Crippen LogP contribution in [0.4, 0.5) is 18.9 Å². The molecule has 0 spiro atoms. The van der Waals surface area contributed by atoms with E-state index in [1.54, 1.807) is 41.2 Å². The quantitative estimate of drug-likeness (QED) is 0.725. The number of aromatic nitrogens is 1. The Labute approximate surface area is 142 Å². The highest BCUT2D eigenvalue weighted by atomic mass is 19.2. The van der Waals surface area contributed by atoms with Crippen molar-refractivity contribution in [2.24, 2.45) is 0 Å². The van der Waals surface area contributed by atoms with Crippen molar-refractivity contribution in [1.29, 1.82) is 0 Å². The monoisotopic (exact) mass is 344 g/mol. The van der Waals surface area contributed by atoms with E-state index in [1.165, 1.54) is 18.2 Å². The first-order chi connectivity index (χ1) is 12.0. The van der Waals surface area contributed by atoms with Gasteiger partial charge < -0.3 is 9.88 Å². The third-order valence-electron chi connectivity index (χ3n) is 3.80. The second kappa shape index (κ2) is 7.25. The van der Waals surface area contributed by atoms with Gasteiger partial charge in [0.2, 0.25) is 5.91 Å². The second-order valence-corrected chi connectivity index (χ2v) is 5.58. The molecule has 0 aliphatic heterocycles. The number of hydrogen-bond donors (Lipinski definition) is 1. The van der Waals surface area contributed by atoms with Crippen molar-refractivity contribution in [2.75, 3.05) is 5.32 Å². The molecule has 0 fully saturated rings. The Hall–Kier alpha value is -3.02. The molecule has 6 heteroatoms. The summed E-state index contributed by atoms with van der Waals surface area (Å²) in [5.74, 6) is -2.81. The Morgan fingerprint density at radius 3 is 2.40 bits per heavy atom. The van der Waals surface area contributed by atoms with Crippen LogP contribution in [-0.4, -0.2) is 10.5 Å². The van der Waals surface area contributed by atoms with E-state index in [-0.39, 0.29) is 12.1 Å². The molecule has 0 saturated heterocycles. The van der Waals surface area contributed by atoms with Gasteiger partial charge in [-0.1, -0.05) is 12.1 Å². The van der Waals surface area contributed by atoms with Gasteiger partial charge in [0.1, 0.15) is 5.82 Å². The van der Waals surface area contributed by atoms with Crippen molar-refractivity contribution in [3.63, 3.8) is 0 Å². The minimum atomic E-state index is -1.04. The summed E-state index contributed by atoms with van der Waals surface area (Å²) in [5.41, 5.74) is 0.797. The maximum Gasteiger partial charge on any atom is 0.226 e. The summed E-state index contributed by atoms with van der Waals surface area (Å²) in [6.07, 6.45) is 3.57. The van der Waals surface area contributed by atoms with Gasteiger partial charge in [0.05, 0.1) is 12.5 Å². The first kappa shape index (κ1) is 16.8. The summed E-state index contributed by atoms with van der Waals surface area (Å²) in [6.45, 7) is 0.